The summed E-state index contributed by atoms with van der Waals surface area (Å²) in [7, 11) is -1.30. The molecule has 0 bridgehead atoms. The van der Waals surface area contributed by atoms with E-state index in [9.17, 15) is 13.2 Å². The van der Waals surface area contributed by atoms with E-state index in [0.29, 0.717) is 30.3 Å². The lowest BCUT2D eigenvalue weighted by Gasteiger charge is -2.37. The number of hydrogen-bond acceptors (Lipinski definition) is 5. The third-order valence-corrected chi connectivity index (χ3v) is 6.96. The second kappa shape index (κ2) is 7.51. The van der Waals surface area contributed by atoms with Crippen LogP contribution in [-0.2, 0) is 21.1 Å². The first-order chi connectivity index (χ1) is 11.9. The fourth-order valence-corrected chi connectivity index (χ4v) is 5.52. The van der Waals surface area contributed by atoms with Gasteiger partial charge in [-0.1, -0.05) is 11.6 Å². The smallest absolute Gasteiger partial charge is 0.227 e. The molecule has 1 aromatic rings. The lowest BCUT2D eigenvalue weighted by atomic mass is 10.1. The number of hydrogen-bond donors (Lipinski definition) is 0. The number of halogens is 1. The quantitative estimate of drug-likeness (QED) is 0.778. The Morgan fingerprint density at radius 2 is 2.00 bits per heavy atom. The zero-order chi connectivity index (χ0) is 18.0. The molecular formula is C17H23ClN2O4S. The molecule has 3 rings (SSSR count). The summed E-state index contributed by atoms with van der Waals surface area (Å²) in [5.74, 6) is 1.23. The molecule has 2 saturated heterocycles. The van der Waals surface area contributed by atoms with E-state index >= 15 is 0 Å². The lowest BCUT2D eigenvalue weighted by Crippen LogP contribution is -2.52. The second-order valence-corrected chi connectivity index (χ2v) is 9.27. The standard InChI is InChI=1S/C17H23ClN2O4S/c1-24-16-3-2-14(18)10-13(16)11-17(21)20-7-5-19(6-8-20)15-4-9-25(22,23)12-15/h2-3,10,15H,4-9,11-12H2,1H3/t15-/m0/s1. The number of ether oxygens (including phenoxy) is 1. The maximum Gasteiger partial charge on any atom is 0.227 e. The zero-order valence-corrected chi connectivity index (χ0v) is 15.9. The van der Waals surface area contributed by atoms with Gasteiger partial charge in [0.25, 0.3) is 0 Å². The molecule has 0 aromatic heterocycles. The van der Waals surface area contributed by atoms with Gasteiger partial charge in [-0.05, 0) is 24.6 Å². The van der Waals surface area contributed by atoms with Gasteiger partial charge in [0.05, 0.1) is 25.0 Å². The van der Waals surface area contributed by atoms with Crippen LogP contribution in [0.3, 0.4) is 0 Å². The number of rotatable bonds is 4. The highest BCUT2D eigenvalue weighted by Crippen LogP contribution is 2.24. The van der Waals surface area contributed by atoms with Gasteiger partial charge in [-0.2, -0.15) is 0 Å². The van der Waals surface area contributed by atoms with Gasteiger partial charge in [-0.3, -0.25) is 9.69 Å². The Labute approximate surface area is 153 Å². The third-order valence-electron chi connectivity index (χ3n) is 4.98. The fourth-order valence-electron chi connectivity index (χ4n) is 3.56. The summed E-state index contributed by atoms with van der Waals surface area (Å²) in [5, 5.41) is 0.580. The van der Waals surface area contributed by atoms with E-state index < -0.39 is 9.84 Å². The van der Waals surface area contributed by atoms with Crippen molar-refractivity contribution in [3.05, 3.63) is 28.8 Å². The minimum Gasteiger partial charge on any atom is -0.496 e. The van der Waals surface area contributed by atoms with Crippen LogP contribution in [-0.4, -0.2) is 75.0 Å². The highest BCUT2D eigenvalue weighted by Gasteiger charge is 2.34. The molecule has 1 atom stereocenters. The Hall–Kier alpha value is -1.31. The van der Waals surface area contributed by atoms with Crippen molar-refractivity contribution in [2.45, 2.75) is 18.9 Å². The number of methoxy groups -OCH3 is 1. The fraction of sp³-hybridized carbons (Fsp3) is 0.588. The Morgan fingerprint density at radius 1 is 1.28 bits per heavy atom. The molecule has 8 heteroatoms. The Morgan fingerprint density at radius 3 is 2.60 bits per heavy atom. The van der Waals surface area contributed by atoms with Gasteiger partial charge in [0.15, 0.2) is 9.84 Å². The van der Waals surface area contributed by atoms with E-state index in [-0.39, 0.29) is 29.9 Å². The van der Waals surface area contributed by atoms with Gasteiger partial charge in [-0.15, -0.1) is 0 Å². The molecule has 0 spiro atoms. The summed E-state index contributed by atoms with van der Waals surface area (Å²) in [4.78, 5) is 16.6. The molecule has 0 radical (unpaired) electrons. The van der Waals surface area contributed by atoms with E-state index in [2.05, 4.69) is 4.90 Å². The predicted octanol–water partition coefficient (Wildman–Crippen LogP) is 1.22. The summed E-state index contributed by atoms with van der Waals surface area (Å²) in [6, 6.07) is 5.37. The van der Waals surface area contributed by atoms with Gasteiger partial charge < -0.3 is 9.64 Å². The summed E-state index contributed by atoms with van der Waals surface area (Å²) in [5.41, 5.74) is 0.782. The molecule has 2 aliphatic rings. The molecule has 1 aromatic carbocycles. The van der Waals surface area contributed by atoms with Crippen molar-refractivity contribution in [3.63, 3.8) is 0 Å². The number of nitrogens with zero attached hydrogens (tertiary/aromatic N) is 2. The summed E-state index contributed by atoms with van der Waals surface area (Å²) in [6.45, 7) is 2.69. The van der Waals surface area contributed by atoms with Crippen molar-refractivity contribution in [1.82, 2.24) is 9.80 Å². The van der Waals surface area contributed by atoms with Crippen LogP contribution < -0.4 is 4.74 Å². The van der Waals surface area contributed by atoms with Crippen molar-refractivity contribution in [2.24, 2.45) is 0 Å². The van der Waals surface area contributed by atoms with Crippen molar-refractivity contribution in [2.75, 3.05) is 44.8 Å². The number of carbonyl (C=O) groups is 1. The normalized spacial score (nSPS) is 23.6. The molecule has 0 N–H and O–H groups in total. The van der Waals surface area contributed by atoms with Crippen LogP contribution in [0.4, 0.5) is 0 Å². The van der Waals surface area contributed by atoms with Gasteiger partial charge in [0, 0.05) is 42.8 Å². The van der Waals surface area contributed by atoms with Gasteiger partial charge in [0.1, 0.15) is 5.75 Å². The first-order valence-electron chi connectivity index (χ1n) is 8.42. The van der Waals surface area contributed by atoms with Crippen LogP contribution in [0.15, 0.2) is 18.2 Å². The molecule has 2 aliphatic heterocycles. The molecular weight excluding hydrogens is 364 g/mol. The number of piperazine rings is 1. The number of carbonyl (C=O) groups excluding carboxylic acids is 1. The van der Waals surface area contributed by atoms with Gasteiger partial charge >= 0.3 is 0 Å². The molecule has 6 nitrogen and oxygen atoms in total. The average Bonchev–Trinajstić information content (AvgIpc) is 2.95. The molecule has 138 valence electrons. The van der Waals surface area contributed by atoms with Crippen molar-refractivity contribution in [1.29, 1.82) is 0 Å². The zero-order valence-electron chi connectivity index (χ0n) is 14.3. The van der Waals surface area contributed by atoms with Crippen LogP contribution in [0.2, 0.25) is 5.02 Å². The maximum absolute atomic E-state index is 12.6. The largest absolute Gasteiger partial charge is 0.496 e. The van der Waals surface area contributed by atoms with Crippen LogP contribution in [0.5, 0.6) is 5.75 Å². The van der Waals surface area contributed by atoms with Crippen molar-refractivity contribution < 1.29 is 17.9 Å². The molecule has 25 heavy (non-hydrogen) atoms. The monoisotopic (exact) mass is 386 g/mol. The van der Waals surface area contributed by atoms with E-state index in [4.69, 9.17) is 16.3 Å². The van der Waals surface area contributed by atoms with Crippen LogP contribution in [0.1, 0.15) is 12.0 Å². The van der Waals surface area contributed by atoms with Gasteiger partial charge in [-0.25, -0.2) is 8.42 Å². The molecule has 2 fully saturated rings. The Bertz CT molecular complexity index is 745. The number of benzene rings is 1. The van der Waals surface area contributed by atoms with E-state index in [1.807, 2.05) is 4.90 Å². The third kappa shape index (κ3) is 4.46. The number of sulfone groups is 1. The molecule has 2 heterocycles. The number of amides is 1. The minimum atomic E-state index is -2.88. The van der Waals surface area contributed by atoms with Crippen molar-refractivity contribution in [3.8, 4) is 5.75 Å². The molecule has 1 amide bonds. The Kier molecular flexibility index (Phi) is 5.55. The maximum atomic E-state index is 12.6. The van der Waals surface area contributed by atoms with E-state index in [0.717, 1.165) is 18.7 Å². The predicted molar refractivity (Wildman–Crippen MR) is 96.9 cm³/mol. The lowest BCUT2D eigenvalue weighted by molar-refractivity contribution is -0.132. The molecule has 0 saturated carbocycles. The highest BCUT2D eigenvalue weighted by molar-refractivity contribution is 7.91. The van der Waals surface area contributed by atoms with Crippen LogP contribution in [0.25, 0.3) is 0 Å². The average molecular weight is 387 g/mol. The SMILES string of the molecule is COc1ccc(Cl)cc1CC(=O)N1CCN([C@H]2CCS(=O)(=O)C2)CC1. The van der Waals surface area contributed by atoms with Gasteiger partial charge in [0.2, 0.25) is 5.91 Å². The van der Waals surface area contributed by atoms with Crippen LogP contribution >= 0.6 is 11.6 Å². The summed E-state index contributed by atoms with van der Waals surface area (Å²) < 4.78 is 28.6. The van der Waals surface area contributed by atoms with E-state index in [1.54, 1.807) is 25.3 Å². The highest BCUT2D eigenvalue weighted by atomic mass is 35.5. The summed E-state index contributed by atoms with van der Waals surface area (Å²) in [6.07, 6.45) is 0.956. The minimum absolute atomic E-state index is 0.0410. The second-order valence-electron chi connectivity index (χ2n) is 6.61. The van der Waals surface area contributed by atoms with Crippen molar-refractivity contribution >= 4 is 27.3 Å². The first kappa shape index (κ1) is 18.5. The first-order valence-corrected chi connectivity index (χ1v) is 10.6. The van der Waals surface area contributed by atoms with Crippen LogP contribution in [0, 0.1) is 0 Å². The summed E-state index contributed by atoms with van der Waals surface area (Å²) >= 11 is 6.02. The molecule has 0 unspecified atom stereocenters. The molecule has 0 aliphatic carbocycles. The van der Waals surface area contributed by atoms with E-state index in [1.165, 1.54) is 0 Å². The Balaban J connectivity index is 1.56. The topological polar surface area (TPSA) is 66.9 Å².